The molecular weight excluding hydrogens is 554 g/mol. The van der Waals surface area contributed by atoms with Crippen LogP contribution in [0.4, 0.5) is 26.3 Å². The Kier molecular flexibility index (Phi) is 9.35. The van der Waals surface area contributed by atoms with E-state index in [1.165, 1.54) is 48.5 Å². The number of hydrogen-bond donors (Lipinski definition) is 0. The summed E-state index contributed by atoms with van der Waals surface area (Å²) in [6.07, 6.45) is 0.401. The zero-order valence-corrected chi connectivity index (χ0v) is 20.8. The Morgan fingerprint density at radius 1 is 0.649 bits per heavy atom. The van der Waals surface area contributed by atoms with E-state index in [-0.39, 0.29) is 35.8 Å². The van der Waals surface area contributed by atoms with Gasteiger partial charge in [0.05, 0.1) is 24.6 Å². The van der Waals surface area contributed by atoms with Crippen LogP contribution in [0.2, 0.25) is 0 Å². The predicted octanol–water partition coefficient (Wildman–Crippen LogP) is 4.85. The summed E-state index contributed by atoms with van der Waals surface area (Å²) in [6.45, 7) is 2.63. The zero-order chi connectivity index (χ0) is 28.1. The number of halogens is 6. The summed E-state index contributed by atoms with van der Waals surface area (Å²) in [5.74, 6) is 0.728. The van der Waals surface area contributed by atoms with Crippen LogP contribution in [0.25, 0.3) is 0 Å². The van der Waals surface area contributed by atoms with Crippen molar-refractivity contribution in [1.82, 2.24) is 0 Å². The van der Waals surface area contributed by atoms with E-state index >= 15 is 0 Å². The summed E-state index contributed by atoms with van der Waals surface area (Å²) in [4.78, 5) is 0. The molecule has 0 atom stereocenters. The van der Waals surface area contributed by atoms with Crippen molar-refractivity contribution in [2.24, 2.45) is 8.80 Å². The summed E-state index contributed by atoms with van der Waals surface area (Å²) in [5.41, 5.74) is -11.4. The molecule has 2 rings (SSSR count). The standard InChI is InChI=1S/C21H20F6N2O6S2/c1-14(28-36(30,31)20(22,23)24)16-4-8-18(9-5-16)34-12-3-13-35-19-10-6-17(7-11-19)15(2)29-37(32,33)21(25,26)27/h4-11H,3,12-13H2,1-2H3/b28-14+,29-15+. The Hall–Kier alpha value is -3.14. The SMILES string of the molecule is C/C(=N\S(=O)(=O)C(F)(F)F)c1ccc(OCCCOc2ccc(/C(C)=N/S(=O)(=O)C(F)(F)F)cc2)cc1. The third-order valence-corrected chi connectivity index (χ3v) is 6.67. The van der Waals surface area contributed by atoms with Gasteiger partial charge in [-0.3, -0.25) is 0 Å². The van der Waals surface area contributed by atoms with E-state index in [2.05, 4.69) is 8.80 Å². The first kappa shape index (κ1) is 30.1. The fraction of sp³-hybridized carbons (Fsp3) is 0.333. The van der Waals surface area contributed by atoms with E-state index < -0.39 is 31.1 Å². The fourth-order valence-electron chi connectivity index (χ4n) is 2.59. The molecule has 0 amide bonds. The maximum absolute atomic E-state index is 12.4. The first-order valence-electron chi connectivity index (χ1n) is 10.1. The van der Waals surface area contributed by atoms with Gasteiger partial charge < -0.3 is 9.47 Å². The number of nitrogens with zero attached hydrogens (tertiary/aromatic N) is 2. The van der Waals surface area contributed by atoms with E-state index in [4.69, 9.17) is 9.47 Å². The van der Waals surface area contributed by atoms with Crippen molar-refractivity contribution < 1.29 is 52.7 Å². The number of hydrogen-bond acceptors (Lipinski definition) is 6. The van der Waals surface area contributed by atoms with Crippen LogP contribution in [0.1, 0.15) is 31.4 Å². The molecule has 0 N–H and O–H groups in total. The molecule has 0 aliphatic heterocycles. The number of ether oxygens (including phenoxy) is 2. The minimum absolute atomic E-state index is 0.156. The van der Waals surface area contributed by atoms with Crippen molar-refractivity contribution in [3.8, 4) is 11.5 Å². The highest BCUT2D eigenvalue weighted by molar-refractivity contribution is 7.91. The molecule has 0 radical (unpaired) electrons. The van der Waals surface area contributed by atoms with Crippen LogP contribution in [0, 0.1) is 0 Å². The Morgan fingerprint density at radius 3 is 1.22 bits per heavy atom. The van der Waals surface area contributed by atoms with Gasteiger partial charge in [0.2, 0.25) is 0 Å². The maximum atomic E-state index is 12.4. The van der Waals surface area contributed by atoms with Gasteiger partial charge in [-0.1, -0.05) is 0 Å². The minimum Gasteiger partial charge on any atom is -0.493 e. The number of rotatable bonds is 10. The van der Waals surface area contributed by atoms with Gasteiger partial charge in [0.25, 0.3) is 0 Å². The first-order valence-corrected chi connectivity index (χ1v) is 13.0. The lowest BCUT2D eigenvalue weighted by Crippen LogP contribution is -2.22. The lowest BCUT2D eigenvalue weighted by molar-refractivity contribution is -0.0441. The van der Waals surface area contributed by atoms with Crippen LogP contribution in [0.3, 0.4) is 0 Å². The van der Waals surface area contributed by atoms with Crippen molar-refractivity contribution >= 4 is 31.5 Å². The highest BCUT2D eigenvalue weighted by Crippen LogP contribution is 2.26. The van der Waals surface area contributed by atoms with E-state index in [0.717, 1.165) is 13.8 Å². The van der Waals surface area contributed by atoms with Crippen LogP contribution in [0.15, 0.2) is 57.3 Å². The summed E-state index contributed by atoms with van der Waals surface area (Å²) < 4.78 is 136. The average molecular weight is 575 g/mol. The van der Waals surface area contributed by atoms with Gasteiger partial charge in [-0.05, 0) is 73.5 Å². The smallest absolute Gasteiger partial charge is 0.493 e. The summed E-state index contributed by atoms with van der Waals surface area (Å²) in [7, 11) is -11.3. The Morgan fingerprint density at radius 2 is 0.946 bits per heavy atom. The second-order valence-electron chi connectivity index (χ2n) is 7.29. The van der Waals surface area contributed by atoms with Crippen molar-refractivity contribution in [2.45, 2.75) is 31.3 Å². The van der Waals surface area contributed by atoms with E-state index in [1.807, 2.05) is 0 Å². The lowest BCUT2D eigenvalue weighted by atomic mass is 10.1. The molecule has 0 unspecified atom stereocenters. The first-order chi connectivity index (χ1) is 16.9. The van der Waals surface area contributed by atoms with Crippen LogP contribution >= 0.6 is 0 Å². The van der Waals surface area contributed by atoms with Crippen molar-refractivity contribution in [3.05, 3.63) is 59.7 Å². The molecule has 2 aromatic rings. The molecule has 0 saturated carbocycles. The summed E-state index contributed by atoms with van der Waals surface area (Å²) in [6, 6.07) is 11.1. The Bertz CT molecular complexity index is 1240. The molecule has 204 valence electrons. The monoisotopic (exact) mass is 574 g/mol. The van der Waals surface area contributed by atoms with Crippen molar-refractivity contribution in [3.63, 3.8) is 0 Å². The van der Waals surface area contributed by atoms with Crippen LogP contribution < -0.4 is 9.47 Å². The van der Waals surface area contributed by atoms with E-state index in [0.29, 0.717) is 17.9 Å². The maximum Gasteiger partial charge on any atom is 0.518 e. The largest absolute Gasteiger partial charge is 0.518 e. The van der Waals surface area contributed by atoms with Gasteiger partial charge in [-0.15, -0.1) is 0 Å². The quantitative estimate of drug-likeness (QED) is 0.228. The third-order valence-electron chi connectivity index (χ3n) is 4.47. The minimum atomic E-state index is -5.65. The summed E-state index contributed by atoms with van der Waals surface area (Å²) in [5, 5.41) is 0. The molecule has 0 aliphatic rings. The molecule has 0 bridgehead atoms. The van der Waals surface area contributed by atoms with Crippen LogP contribution in [-0.2, 0) is 20.0 Å². The second kappa shape index (κ2) is 11.5. The molecule has 16 heteroatoms. The van der Waals surface area contributed by atoms with E-state index in [9.17, 15) is 43.2 Å². The van der Waals surface area contributed by atoms with Crippen molar-refractivity contribution in [1.29, 1.82) is 0 Å². The molecule has 0 spiro atoms. The van der Waals surface area contributed by atoms with Gasteiger partial charge in [-0.2, -0.15) is 52.0 Å². The third kappa shape index (κ3) is 8.45. The lowest BCUT2D eigenvalue weighted by Gasteiger charge is -2.10. The Balaban J connectivity index is 1.85. The second-order valence-corrected chi connectivity index (χ2v) is 10.5. The van der Waals surface area contributed by atoms with Crippen LogP contribution in [-0.4, -0.2) is 52.5 Å². The number of sulfonamides is 2. The molecule has 0 fully saturated rings. The Labute approximate surface area is 208 Å². The van der Waals surface area contributed by atoms with Gasteiger partial charge in [0.1, 0.15) is 11.5 Å². The highest BCUT2D eigenvalue weighted by Gasteiger charge is 2.46. The fourth-order valence-corrected chi connectivity index (χ4v) is 3.73. The molecule has 37 heavy (non-hydrogen) atoms. The van der Waals surface area contributed by atoms with E-state index in [1.54, 1.807) is 0 Å². The van der Waals surface area contributed by atoms with Crippen molar-refractivity contribution in [2.75, 3.05) is 13.2 Å². The van der Waals surface area contributed by atoms with Gasteiger partial charge >= 0.3 is 31.1 Å². The number of alkyl halides is 6. The molecule has 0 heterocycles. The zero-order valence-electron chi connectivity index (χ0n) is 19.2. The van der Waals surface area contributed by atoms with Gasteiger partial charge in [0.15, 0.2) is 0 Å². The predicted molar refractivity (Wildman–Crippen MR) is 123 cm³/mol. The summed E-state index contributed by atoms with van der Waals surface area (Å²) >= 11 is 0. The van der Waals surface area contributed by atoms with Gasteiger partial charge in [-0.25, -0.2) is 0 Å². The molecule has 0 saturated heterocycles. The topological polar surface area (TPSA) is 111 Å². The molecular formula is C21H20F6N2O6S2. The molecule has 2 aromatic carbocycles. The number of benzene rings is 2. The molecule has 8 nitrogen and oxygen atoms in total. The molecule has 0 aliphatic carbocycles. The van der Waals surface area contributed by atoms with Crippen LogP contribution in [0.5, 0.6) is 11.5 Å². The highest BCUT2D eigenvalue weighted by atomic mass is 32.2. The molecule has 0 aromatic heterocycles. The van der Waals surface area contributed by atoms with Gasteiger partial charge in [0, 0.05) is 6.42 Å². The normalized spacial score (nSPS) is 13.9. The average Bonchev–Trinajstić information content (AvgIpc) is 2.77.